The number of amides is 1. The molecule has 1 unspecified atom stereocenters. The number of carbonyl (C=O) groups is 2. The molecule has 1 aliphatic rings. The third-order valence-corrected chi connectivity index (χ3v) is 4.09. The van der Waals surface area contributed by atoms with Gasteiger partial charge in [-0.3, -0.25) is 9.59 Å². The van der Waals surface area contributed by atoms with Crippen LogP contribution in [-0.4, -0.2) is 47.8 Å². The van der Waals surface area contributed by atoms with E-state index in [2.05, 4.69) is 15.9 Å². The molecule has 1 amide bonds. The molecule has 0 spiro atoms. The highest BCUT2D eigenvalue weighted by Crippen LogP contribution is 2.42. The number of nitrogens with zero attached hydrogens (tertiary/aromatic N) is 1. The first-order valence-electron chi connectivity index (χ1n) is 6.99. The van der Waals surface area contributed by atoms with Crippen LogP contribution >= 0.6 is 15.9 Å². The Labute approximate surface area is 142 Å². The second-order valence-electron chi connectivity index (χ2n) is 5.02. The zero-order valence-corrected chi connectivity index (χ0v) is 14.7. The van der Waals surface area contributed by atoms with Gasteiger partial charge in [-0.1, -0.05) is 15.9 Å². The first kappa shape index (κ1) is 17.3. The predicted octanol–water partition coefficient (Wildman–Crippen LogP) is 2.38. The Morgan fingerprint density at radius 1 is 1.35 bits per heavy atom. The number of benzene rings is 1. The molecule has 0 saturated carbocycles. The Bertz CT molecular complexity index is 670. The van der Waals surface area contributed by atoms with Gasteiger partial charge in [0.25, 0.3) is 5.91 Å². The fraction of sp³-hybridized carbons (Fsp3) is 0.375. The maximum absolute atomic E-state index is 12.3. The topological polar surface area (TPSA) is 76.1 Å². The molecule has 1 aromatic rings. The van der Waals surface area contributed by atoms with Gasteiger partial charge in [0.15, 0.2) is 11.5 Å². The molecule has 1 aromatic carbocycles. The Balaban J connectivity index is 2.65. The van der Waals surface area contributed by atoms with Crippen molar-refractivity contribution in [1.82, 2.24) is 4.90 Å². The average molecular weight is 384 g/mol. The molecule has 0 bridgehead atoms. The molecule has 0 aliphatic carbocycles. The molecule has 1 aliphatic heterocycles. The number of carbonyl (C=O) groups excluding carboxylic acids is 2. The van der Waals surface area contributed by atoms with E-state index >= 15 is 0 Å². The number of Topliss-reactive ketones (excluding diaryl/α,β-unsaturated/α-hetero) is 1. The zero-order chi connectivity index (χ0) is 17.1. The summed E-state index contributed by atoms with van der Waals surface area (Å²) in [6, 6.07) is 4.44. The lowest BCUT2D eigenvalue weighted by molar-refractivity contribution is -0.129. The van der Waals surface area contributed by atoms with Gasteiger partial charge in [-0.25, -0.2) is 0 Å². The molecule has 1 heterocycles. The zero-order valence-electron chi connectivity index (χ0n) is 13.1. The predicted molar refractivity (Wildman–Crippen MR) is 88.1 cm³/mol. The monoisotopic (exact) mass is 383 g/mol. The van der Waals surface area contributed by atoms with Crippen molar-refractivity contribution in [3.63, 3.8) is 0 Å². The Hall–Kier alpha value is -2.02. The maximum atomic E-state index is 12.3. The first-order chi connectivity index (χ1) is 11.0. The number of aliphatic hydroxyl groups is 1. The molecule has 23 heavy (non-hydrogen) atoms. The van der Waals surface area contributed by atoms with E-state index < -0.39 is 17.7 Å². The van der Waals surface area contributed by atoms with Crippen LogP contribution in [0.1, 0.15) is 18.5 Å². The molecule has 0 fully saturated rings. The van der Waals surface area contributed by atoms with Crippen molar-refractivity contribution in [1.29, 1.82) is 0 Å². The summed E-state index contributed by atoms with van der Waals surface area (Å²) < 4.78 is 10.6. The molecule has 0 aromatic heterocycles. The van der Waals surface area contributed by atoms with Crippen LogP contribution in [0.2, 0.25) is 0 Å². The molecule has 124 valence electrons. The van der Waals surface area contributed by atoms with E-state index in [1.165, 1.54) is 26.0 Å². The first-order valence-corrected chi connectivity index (χ1v) is 8.11. The smallest absolute Gasteiger partial charge is 0.290 e. The van der Waals surface area contributed by atoms with Crippen LogP contribution < -0.4 is 9.47 Å². The van der Waals surface area contributed by atoms with Gasteiger partial charge in [0, 0.05) is 17.4 Å². The lowest BCUT2D eigenvalue weighted by atomic mass is 9.95. The second-order valence-corrected chi connectivity index (χ2v) is 5.81. The number of alkyl halides is 1. The normalized spacial score (nSPS) is 17.7. The number of hydrogen-bond donors (Lipinski definition) is 1. The van der Waals surface area contributed by atoms with E-state index in [9.17, 15) is 14.7 Å². The van der Waals surface area contributed by atoms with Gasteiger partial charge >= 0.3 is 0 Å². The minimum absolute atomic E-state index is 0.0718. The number of halogens is 1. The standard InChI is InChI=1S/C16H18BrNO5/c1-9(19)13-14(18(7-6-17)16(21)15(13)20)11-8-10(22-2)4-5-12(11)23-3/h4-5,8,14,20H,6-7H2,1-3H3. The van der Waals surface area contributed by atoms with E-state index in [1.807, 2.05) is 0 Å². The third-order valence-electron chi connectivity index (χ3n) is 3.74. The molecular weight excluding hydrogens is 366 g/mol. The van der Waals surface area contributed by atoms with Crippen molar-refractivity contribution in [3.05, 3.63) is 35.1 Å². The molecule has 7 heteroatoms. The van der Waals surface area contributed by atoms with Crippen LogP contribution in [0.3, 0.4) is 0 Å². The molecule has 0 radical (unpaired) electrons. The van der Waals surface area contributed by atoms with Crippen molar-refractivity contribution in [2.45, 2.75) is 13.0 Å². The van der Waals surface area contributed by atoms with E-state index in [0.29, 0.717) is 28.9 Å². The van der Waals surface area contributed by atoms with Crippen molar-refractivity contribution in [2.75, 3.05) is 26.1 Å². The van der Waals surface area contributed by atoms with Gasteiger partial charge in [0.05, 0.1) is 25.8 Å². The van der Waals surface area contributed by atoms with Crippen LogP contribution in [0.25, 0.3) is 0 Å². The van der Waals surface area contributed by atoms with Gasteiger partial charge in [-0.2, -0.15) is 0 Å². The summed E-state index contributed by atoms with van der Waals surface area (Å²) in [6.45, 7) is 1.67. The van der Waals surface area contributed by atoms with Crippen molar-refractivity contribution >= 4 is 27.6 Å². The average Bonchev–Trinajstić information content (AvgIpc) is 2.79. The van der Waals surface area contributed by atoms with Gasteiger partial charge in [0.2, 0.25) is 0 Å². The summed E-state index contributed by atoms with van der Waals surface area (Å²) in [5, 5.41) is 10.6. The fourth-order valence-corrected chi connectivity index (χ4v) is 3.09. The lowest BCUT2D eigenvalue weighted by Gasteiger charge is -2.27. The second kappa shape index (κ2) is 7.04. The fourth-order valence-electron chi connectivity index (χ4n) is 2.71. The summed E-state index contributed by atoms with van der Waals surface area (Å²) in [7, 11) is 3.04. The third kappa shape index (κ3) is 3.06. The van der Waals surface area contributed by atoms with Crippen LogP contribution in [0, 0.1) is 0 Å². The Morgan fingerprint density at radius 2 is 2.04 bits per heavy atom. The highest BCUT2D eigenvalue weighted by Gasteiger charge is 2.43. The SMILES string of the molecule is COc1ccc(OC)c(C2C(C(C)=O)=C(O)C(=O)N2CCBr)c1. The maximum Gasteiger partial charge on any atom is 0.290 e. The summed E-state index contributed by atoms with van der Waals surface area (Å²) in [4.78, 5) is 25.8. The summed E-state index contributed by atoms with van der Waals surface area (Å²) >= 11 is 3.29. The highest BCUT2D eigenvalue weighted by molar-refractivity contribution is 9.09. The van der Waals surface area contributed by atoms with Gasteiger partial charge < -0.3 is 19.5 Å². The Morgan fingerprint density at radius 3 is 2.57 bits per heavy atom. The summed E-state index contributed by atoms with van der Waals surface area (Å²) in [6.07, 6.45) is 0. The number of methoxy groups -OCH3 is 2. The van der Waals surface area contributed by atoms with E-state index in [0.717, 1.165) is 0 Å². The van der Waals surface area contributed by atoms with E-state index in [-0.39, 0.29) is 11.4 Å². The summed E-state index contributed by atoms with van der Waals surface area (Å²) in [5.74, 6) is -0.349. The number of ether oxygens (including phenoxy) is 2. The molecule has 0 saturated heterocycles. The van der Waals surface area contributed by atoms with Crippen LogP contribution in [0.15, 0.2) is 29.5 Å². The van der Waals surface area contributed by atoms with E-state index in [1.54, 1.807) is 18.2 Å². The number of rotatable bonds is 6. The van der Waals surface area contributed by atoms with Crippen molar-refractivity contribution in [3.8, 4) is 11.5 Å². The molecule has 1 atom stereocenters. The van der Waals surface area contributed by atoms with Gasteiger partial charge in [-0.15, -0.1) is 0 Å². The quantitative estimate of drug-likeness (QED) is 0.763. The van der Waals surface area contributed by atoms with Crippen LogP contribution in [0.5, 0.6) is 11.5 Å². The van der Waals surface area contributed by atoms with Gasteiger partial charge in [0.1, 0.15) is 11.5 Å². The minimum atomic E-state index is -0.706. The largest absolute Gasteiger partial charge is 0.503 e. The number of hydrogen-bond acceptors (Lipinski definition) is 5. The molecule has 2 rings (SSSR count). The Kier molecular flexibility index (Phi) is 5.30. The van der Waals surface area contributed by atoms with E-state index in [4.69, 9.17) is 9.47 Å². The summed E-state index contributed by atoms with van der Waals surface area (Å²) in [5.41, 5.74) is 0.665. The van der Waals surface area contributed by atoms with Crippen LogP contribution in [0.4, 0.5) is 0 Å². The number of ketones is 1. The van der Waals surface area contributed by atoms with Crippen molar-refractivity contribution in [2.24, 2.45) is 0 Å². The minimum Gasteiger partial charge on any atom is -0.503 e. The molecule has 1 N–H and O–H groups in total. The van der Waals surface area contributed by atoms with Crippen LogP contribution in [-0.2, 0) is 9.59 Å². The van der Waals surface area contributed by atoms with Gasteiger partial charge in [-0.05, 0) is 25.1 Å². The lowest BCUT2D eigenvalue weighted by Crippen LogP contribution is -2.32. The molecular formula is C16H18BrNO5. The molecule has 6 nitrogen and oxygen atoms in total. The van der Waals surface area contributed by atoms with Crippen molar-refractivity contribution < 1.29 is 24.2 Å². The highest BCUT2D eigenvalue weighted by atomic mass is 79.9. The number of aliphatic hydroxyl groups excluding tert-OH is 1.